The van der Waals surface area contributed by atoms with E-state index in [-0.39, 0.29) is 17.2 Å². The second-order valence-corrected chi connectivity index (χ2v) is 12.0. The second kappa shape index (κ2) is 15.8. The molecule has 1 aromatic carbocycles. The van der Waals surface area contributed by atoms with E-state index in [4.69, 9.17) is 10.5 Å². The third-order valence-electron chi connectivity index (χ3n) is 5.92. The van der Waals surface area contributed by atoms with E-state index in [9.17, 15) is 4.79 Å². The second-order valence-electron chi connectivity index (χ2n) is 10.9. The highest BCUT2D eigenvalue weighted by Gasteiger charge is 2.24. The highest BCUT2D eigenvalue weighted by Crippen LogP contribution is 2.31. The van der Waals surface area contributed by atoms with Crippen LogP contribution in [0.1, 0.15) is 52.0 Å². The molecule has 0 aliphatic rings. The molecule has 1 heterocycles. The predicted molar refractivity (Wildman–Crippen MR) is 160 cm³/mol. The van der Waals surface area contributed by atoms with E-state index >= 15 is 0 Å². The summed E-state index contributed by atoms with van der Waals surface area (Å²) in [6, 6.07) is 8.91. The van der Waals surface area contributed by atoms with Crippen molar-refractivity contribution in [3.63, 3.8) is 0 Å². The van der Waals surface area contributed by atoms with E-state index in [2.05, 4.69) is 90.5 Å². The van der Waals surface area contributed by atoms with E-state index in [0.29, 0.717) is 24.5 Å². The molecule has 2 rings (SSSR count). The molecule has 0 fully saturated rings. The molecule has 0 aliphatic carbocycles. The number of hydrogen-bond donors (Lipinski definition) is 2. The average Bonchev–Trinajstić information content (AvgIpc) is 2.82. The Morgan fingerprint density at radius 1 is 1.11 bits per heavy atom. The number of hydrogen-bond acceptors (Lipinski definition) is 9. The first-order valence-corrected chi connectivity index (χ1v) is 14.2. The summed E-state index contributed by atoms with van der Waals surface area (Å²) in [6.07, 6.45) is 4.48. The Morgan fingerprint density at radius 2 is 1.84 bits per heavy atom. The number of nitrogens with zero attached hydrogens (tertiary/aromatic N) is 5. The quantitative estimate of drug-likeness (QED) is 0.153. The summed E-state index contributed by atoms with van der Waals surface area (Å²) in [6.45, 7) is 13.1. The van der Waals surface area contributed by atoms with E-state index in [1.807, 2.05) is 23.9 Å². The first kappa shape index (κ1) is 31.7. The van der Waals surface area contributed by atoms with Crippen molar-refractivity contribution in [2.75, 3.05) is 69.9 Å². The minimum atomic E-state index is 0.152. The summed E-state index contributed by atoms with van der Waals surface area (Å²) in [5.74, 6) is 0.763. The molecule has 212 valence electrons. The molecule has 0 saturated heterocycles. The lowest BCUT2D eigenvalue weighted by Crippen LogP contribution is -2.38. The van der Waals surface area contributed by atoms with Crippen LogP contribution < -0.4 is 20.7 Å². The van der Waals surface area contributed by atoms with Gasteiger partial charge in [-0.2, -0.15) is 9.97 Å². The molecule has 2 aromatic rings. The monoisotopic (exact) mass is 545 g/mol. The number of unbranched alkanes of at least 4 members (excludes halogenated alkanes) is 2. The van der Waals surface area contributed by atoms with Gasteiger partial charge in [0.25, 0.3) is 0 Å². The summed E-state index contributed by atoms with van der Waals surface area (Å²) >= 11 is 1.83. The third-order valence-corrected chi connectivity index (χ3v) is 6.95. The highest BCUT2D eigenvalue weighted by molar-refractivity contribution is 7.97. The van der Waals surface area contributed by atoms with Crippen molar-refractivity contribution in [2.24, 2.45) is 5.41 Å². The minimum Gasteiger partial charge on any atom is -0.463 e. The Kier molecular flexibility index (Phi) is 13.1. The fourth-order valence-electron chi connectivity index (χ4n) is 4.40. The summed E-state index contributed by atoms with van der Waals surface area (Å²) in [5.41, 5.74) is 7.96. The number of benzene rings is 1. The van der Waals surface area contributed by atoms with Gasteiger partial charge in [0.05, 0.1) is 6.61 Å². The van der Waals surface area contributed by atoms with E-state index in [0.717, 1.165) is 51.9 Å². The summed E-state index contributed by atoms with van der Waals surface area (Å²) in [4.78, 5) is 25.5. The van der Waals surface area contributed by atoms with Crippen LogP contribution in [0.4, 0.5) is 17.3 Å². The van der Waals surface area contributed by atoms with Gasteiger partial charge in [-0.3, -0.25) is 4.79 Å². The molecule has 3 N–H and O–H groups in total. The Balaban J connectivity index is 2.06. The van der Waals surface area contributed by atoms with Gasteiger partial charge < -0.3 is 25.6 Å². The maximum absolute atomic E-state index is 11.2. The Labute approximate surface area is 233 Å². The summed E-state index contributed by atoms with van der Waals surface area (Å²) in [5, 5.41) is 2.66. The lowest BCUT2D eigenvalue weighted by atomic mass is 9.93. The Bertz CT molecular complexity index is 1000. The summed E-state index contributed by atoms with van der Waals surface area (Å²) in [7, 11) is 6.21. The number of rotatable bonds is 18. The zero-order valence-electron chi connectivity index (χ0n) is 24.3. The zero-order valence-corrected chi connectivity index (χ0v) is 25.1. The van der Waals surface area contributed by atoms with Crippen molar-refractivity contribution >= 4 is 35.7 Å². The molecule has 0 spiro atoms. The molecule has 0 bridgehead atoms. The zero-order chi connectivity index (χ0) is 28.1. The molecular formula is C28H47N7O2S. The molecule has 1 amide bonds. The van der Waals surface area contributed by atoms with Gasteiger partial charge in [-0.25, -0.2) is 4.31 Å². The molecule has 0 radical (unpaired) electrons. The van der Waals surface area contributed by atoms with Crippen LogP contribution >= 0.6 is 11.9 Å². The number of anilines is 3. The van der Waals surface area contributed by atoms with Gasteiger partial charge in [-0.1, -0.05) is 39.3 Å². The number of aromatic nitrogens is 2. The van der Waals surface area contributed by atoms with Gasteiger partial charge in [0, 0.05) is 38.1 Å². The number of aryl methyl sites for hydroxylation is 1. The molecule has 10 heteroatoms. The van der Waals surface area contributed by atoms with Crippen molar-refractivity contribution in [1.29, 1.82) is 0 Å². The van der Waals surface area contributed by atoms with Crippen molar-refractivity contribution in [3.05, 3.63) is 29.8 Å². The minimum absolute atomic E-state index is 0.152. The maximum Gasteiger partial charge on any atom is 0.320 e. The smallest absolute Gasteiger partial charge is 0.320 e. The number of nitrogens with one attached hydrogen (secondary N) is 1. The van der Waals surface area contributed by atoms with E-state index in [1.165, 1.54) is 10.5 Å². The average molecular weight is 546 g/mol. The van der Waals surface area contributed by atoms with Crippen molar-refractivity contribution in [1.82, 2.24) is 19.2 Å². The number of carbonyl (C=O) groups excluding carboxylic acids is 1. The van der Waals surface area contributed by atoms with Gasteiger partial charge in [0.2, 0.25) is 6.41 Å². The van der Waals surface area contributed by atoms with Crippen LogP contribution in [0.25, 0.3) is 0 Å². The highest BCUT2D eigenvalue weighted by atomic mass is 32.2. The van der Waals surface area contributed by atoms with Crippen LogP contribution in [0.3, 0.4) is 0 Å². The number of amides is 1. The van der Waals surface area contributed by atoms with Gasteiger partial charge in [0.1, 0.15) is 5.69 Å². The third kappa shape index (κ3) is 11.0. The van der Waals surface area contributed by atoms with Crippen molar-refractivity contribution < 1.29 is 9.53 Å². The molecule has 9 nitrogen and oxygen atoms in total. The van der Waals surface area contributed by atoms with Crippen LogP contribution in [-0.4, -0.2) is 79.5 Å². The number of carbonyl (C=O) groups is 1. The fraction of sp³-hybridized carbons (Fsp3) is 0.607. The van der Waals surface area contributed by atoms with E-state index < -0.39 is 0 Å². The Hall–Kier alpha value is -2.56. The lowest BCUT2D eigenvalue weighted by molar-refractivity contribution is -0.105. The topological polar surface area (TPSA) is 99.8 Å². The first-order chi connectivity index (χ1) is 18.0. The fourth-order valence-corrected chi connectivity index (χ4v) is 5.71. The molecule has 0 atom stereocenters. The van der Waals surface area contributed by atoms with Gasteiger partial charge in [-0.05, 0) is 75.3 Å². The normalized spacial score (nSPS) is 11.7. The molecule has 0 unspecified atom stereocenters. The van der Waals surface area contributed by atoms with Crippen LogP contribution in [0, 0.1) is 12.3 Å². The largest absolute Gasteiger partial charge is 0.463 e. The molecule has 38 heavy (non-hydrogen) atoms. The number of ether oxygens (including phenoxy) is 1. The predicted octanol–water partition coefficient (Wildman–Crippen LogP) is 4.93. The molecular weight excluding hydrogens is 498 g/mol. The summed E-state index contributed by atoms with van der Waals surface area (Å²) < 4.78 is 8.18. The van der Waals surface area contributed by atoms with Gasteiger partial charge in [0.15, 0.2) is 11.6 Å². The van der Waals surface area contributed by atoms with Crippen LogP contribution in [-0.2, 0) is 4.79 Å². The lowest BCUT2D eigenvalue weighted by Gasteiger charge is -2.34. The van der Waals surface area contributed by atoms with Gasteiger partial charge in [-0.15, -0.1) is 0 Å². The van der Waals surface area contributed by atoms with E-state index in [1.54, 1.807) is 0 Å². The molecule has 0 aliphatic heterocycles. The van der Waals surface area contributed by atoms with Crippen molar-refractivity contribution in [2.45, 2.75) is 58.3 Å². The Morgan fingerprint density at radius 3 is 2.50 bits per heavy atom. The SMILES string of the molecule is CCCCOc1nc(N)c(NC=O)c(N(C)CCCCN(CC(C)(C)CN(C)C)Sc2cccc(C)c2)n1. The van der Waals surface area contributed by atoms with Crippen molar-refractivity contribution in [3.8, 4) is 6.01 Å². The molecule has 1 aromatic heterocycles. The first-order valence-electron chi connectivity index (χ1n) is 13.4. The van der Waals surface area contributed by atoms with Gasteiger partial charge >= 0.3 is 6.01 Å². The van der Waals surface area contributed by atoms with Crippen LogP contribution in [0.5, 0.6) is 6.01 Å². The van der Waals surface area contributed by atoms with Crippen LogP contribution in [0.2, 0.25) is 0 Å². The maximum atomic E-state index is 11.2. The van der Waals surface area contributed by atoms with Crippen LogP contribution in [0.15, 0.2) is 29.2 Å². The number of nitrogen functional groups attached to an aromatic ring is 1. The molecule has 0 saturated carbocycles. The number of nitrogens with two attached hydrogens (primary N) is 1. The standard InChI is InChI=1S/C28H47N7O2S/c1-8-9-17-37-27-31-25(29)24(30-21-36)26(32-27)34(7)15-10-11-16-35(20-28(3,4)19-33(5)6)38-23-14-12-13-22(2)18-23/h12-14,18,21H,8-11,15-17,19-20H2,1-7H3,(H,30,36)(H2,29,31,32).